The molecular formula is C5H3F3IN3O. The highest BCUT2D eigenvalue weighted by atomic mass is 127. The molecule has 0 saturated carbocycles. The predicted molar refractivity (Wildman–Crippen MR) is 44.8 cm³/mol. The van der Waals surface area contributed by atoms with E-state index in [9.17, 15) is 18.0 Å². The zero-order valence-electron chi connectivity index (χ0n) is 5.94. The van der Waals surface area contributed by atoms with Gasteiger partial charge in [0.1, 0.15) is 0 Å². The van der Waals surface area contributed by atoms with Crippen LogP contribution in [0.5, 0.6) is 0 Å². The molecule has 0 unspecified atom stereocenters. The lowest BCUT2D eigenvalue weighted by Crippen LogP contribution is -2.14. The maximum absolute atomic E-state index is 12.1. The third-order valence-corrected chi connectivity index (χ3v) is 2.27. The fourth-order valence-electron chi connectivity index (χ4n) is 0.679. The highest BCUT2D eigenvalue weighted by Crippen LogP contribution is 2.32. The van der Waals surface area contributed by atoms with Crippen LogP contribution in [0.2, 0.25) is 0 Å². The lowest BCUT2D eigenvalue weighted by Gasteiger charge is -2.02. The number of nitrogens with zero attached hydrogens (tertiary/aromatic N) is 1. The Morgan fingerprint density at radius 1 is 1.54 bits per heavy atom. The van der Waals surface area contributed by atoms with Gasteiger partial charge in [0.05, 0.1) is 3.57 Å². The Morgan fingerprint density at radius 2 is 2.08 bits per heavy atom. The summed E-state index contributed by atoms with van der Waals surface area (Å²) >= 11 is 1.36. The van der Waals surface area contributed by atoms with Crippen molar-refractivity contribution in [2.75, 3.05) is 0 Å². The lowest BCUT2D eigenvalue weighted by molar-refractivity contribution is -0.141. The molecule has 1 aromatic heterocycles. The van der Waals surface area contributed by atoms with Crippen LogP contribution in [0.15, 0.2) is 0 Å². The summed E-state index contributed by atoms with van der Waals surface area (Å²) in [7, 11) is 0. The average Bonchev–Trinajstić information content (AvgIpc) is 2.28. The molecule has 0 spiro atoms. The number of hydrogen-bond acceptors (Lipinski definition) is 2. The number of aromatic amines is 1. The van der Waals surface area contributed by atoms with Crippen molar-refractivity contribution in [2.45, 2.75) is 6.18 Å². The van der Waals surface area contributed by atoms with E-state index in [1.807, 2.05) is 0 Å². The van der Waals surface area contributed by atoms with Crippen molar-refractivity contribution in [1.29, 1.82) is 0 Å². The smallest absolute Gasteiger partial charge is 0.364 e. The molecule has 1 rings (SSSR count). The summed E-state index contributed by atoms with van der Waals surface area (Å²) in [5, 5.41) is 4.87. The summed E-state index contributed by atoms with van der Waals surface area (Å²) in [6.45, 7) is 0. The second-order valence-electron chi connectivity index (χ2n) is 2.12. The molecule has 0 aliphatic carbocycles. The molecule has 0 atom stereocenters. The molecule has 0 radical (unpaired) electrons. The van der Waals surface area contributed by atoms with E-state index in [-0.39, 0.29) is 3.57 Å². The first-order valence-electron chi connectivity index (χ1n) is 2.95. The average molecular weight is 305 g/mol. The SMILES string of the molecule is NC(=O)c1n[nH]c(C(F)(F)F)c1I. The van der Waals surface area contributed by atoms with Crippen LogP contribution in [0.25, 0.3) is 0 Å². The minimum Gasteiger partial charge on any atom is -0.364 e. The van der Waals surface area contributed by atoms with Gasteiger partial charge in [0, 0.05) is 0 Å². The summed E-state index contributed by atoms with van der Waals surface area (Å²) in [6.07, 6.45) is -4.54. The van der Waals surface area contributed by atoms with Crippen molar-refractivity contribution in [1.82, 2.24) is 10.2 Å². The maximum Gasteiger partial charge on any atom is 0.433 e. The van der Waals surface area contributed by atoms with Gasteiger partial charge in [0.25, 0.3) is 5.91 Å². The van der Waals surface area contributed by atoms with Gasteiger partial charge >= 0.3 is 6.18 Å². The molecule has 0 fully saturated rings. The van der Waals surface area contributed by atoms with Crippen molar-refractivity contribution in [3.63, 3.8) is 0 Å². The zero-order chi connectivity index (χ0) is 10.2. The molecule has 4 nitrogen and oxygen atoms in total. The topological polar surface area (TPSA) is 71.8 Å². The molecular weight excluding hydrogens is 302 g/mol. The Balaban J connectivity index is 3.22. The maximum atomic E-state index is 12.1. The molecule has 1 heterocycles. The summed E-state index contributed by atoms with van der Waals surface area (Å²) in [6, 6.07) is 0. The zero-order valence-corrected chi connectivity index (χ0v) is 8.10. The van der Waals surface area contributed by atoms with Crippen molar-refractivity contribution in [3.05, 3.63) is 15.0 Å². The van der Waals surface area contributed by atoms with E-state index < -0.39 is 23.5 Å². The second kappa shape index (κ2) is 3.16. The van der Waals surface area contributed by atoms with E-state index in [0.717, 1.165) is 0 Å². The van der Waals surface area contributed by atoms with Crippen molar-refractivity contribution in [3.8, 4) is 0 Å². The molecule has 13 heavy (non-hydrogen) atoms. The number of nitrogens with two attached hydrogens (primary N) is 1. The summed E-state index contributed by atoms with van der Waals surface area (Å²) < 4.78 is 36.0. The van der Waals surface area contributed by atoms with Gasteiger partial charge in [0.15, 0.2) is 11.4 Å². The molecule has 0 aromatic carbocycles. The Hall–Kier alpha value is -0.800. The first-order valence-corrected chi connectivity index (χ1v) is 4.02. The third-order valence-electron chi connectivity index (χ3n) is 1.22. The summed E-state index contributed by atoms with van der Waals surface area (Å²) in [4.78, 5) is 10.5. The second-order valence-corrected chi connectivity index (χ2v) is 3.20. The van der Waals surface area contributed by atoms with E-state index >= 15 is 0 Å². The first-order chi connectivity index (χ1) is 5.84. The number of halogens is 4. The number of carbonyl (C=O) groups is 1. The van der Waals surface area contributed by atoms with E-state index in [4.69, 9.17) is 5.73 Å². The van der Waals surface area contributed by atoms with Gasteiger partial charge in [-0.15, -0.1) is 0 Å². The van der Waals surface area contributed by atoms with Crippen LogP contribution in [-0.4, -0.2) is 16.1 Å². The number of rotatable bonds is 1. The monoisotopic (exact) mass is 305 g/mol. The number of amides is 1. The number of aromatic nitrogens is 2. The van der Waals surface area contributed by atoms with Gasteiger partial charge in [-0.2, -0.15) is 18.3 Å². The van der Waals surface area contributed by atoms with Crippen LogP contribution in [0.3, 0.4) is 0 Å². The Labute approximate surface area is 83.8 Å². The molecule has 3 N–H and O–H groups in total. The van der Waals surface area contributed by atoms with Crippen molar-refractivity contribution < 1.29 is 18.0 Å². The molecule has 8 heteroatoms. The minimum atomic E-state index is -4.54. The number of nitrogens with one attached hydrogen (secondary N) is 1. The molecule has 1 aromatic rings. The van der Waals surface area contributed by atoms with Crippen LogP contribution >= 0.6 is 22.6 Å². The highest BCUT2D eigenvalue weighted by molar-refractivity contribution is 14.1. The van der Waals surface area contributed by atoms with Crippen LogP contribution in [0.1, 0.15) is 16.2 Å². The number of primary amides is 1. The highest BCUT2D eigenvalue weighted by Gasteiger charge is 2.37. The fraction of sp³-hybridized carbons (Fsp3) is 0.200. The Bertz CT molecular complexity index is 345. The number of carbonyl (C=O) groups excluding carboxylic acids is 1. The molecule has 1 amide bonds. The van der Waals surface area contributed by atoms with E-state index in [1.54, 1.807) is 5.10 Å². The first kappa shape index (κ1) is 10.3. The molecule has 0 aliphatic heterocycles. The van der Waals surface area contributed by atoms with Gasteiger partial charge in [0.2, 0.25) is 0 Å². The predicted octanol–water partition coefficient (Wildman–Crippen LogP) is 1.13. The standard InChI is InChI=1S/C5H3F3IN3O/c6-5(7,8)3-1(9)2(4(10)13)11-12-3/h(H2,10,13)(H,11,12). The normalized spacial score (nSPS) is 11.7. The van der Waals surface area contributed by atoms with Crippen molar-refractivity contribution in [2.24, 2.45) is 5.73 Å². The number of alkyl halides is 3. The summed E-state index contributed by atoms with van der Waals surface area (Å²) in [5.74, 6) is -0.990. The van der Waals surface area contributed by atoms with Gasteiger partial charge in [-0.05, 0) is 22.6 Å². The largest absolute Gasteiger partial charge is 0.433 e. The Kier molecular flexibility index (Phi) is 2.50. The minimum absolute atomic E-state index is 0.308. The van der Waals surface area contributed by atoms with E-state index in [0.29, 0.717) is 0 Å². The van der Waals surface area contributed by atoms with Gasteiger partial charge < -0.3 is 5.73 Å². The quantitative estimate of drug-likeness (QED) is 0.764. The van der Waals surface area contributed by atoms with Crippen LogP contribution in [-0.2, 0) is 6.18 Å². The third kappa shape index (κ3) is 1.92. The van der Waals surface area contributed by atoms with Crippen LogP contribution in [0, 0.1) is 3.57 Å². The van der Waals surface area contributed by atoms with E-state index in [2.05, 4.69) is 5.10 Å². The molecule has 0 aliphatic rings. The number of hydrogen-bond donors (Lipinski definition) is 2. The number of H-pyrrole nitrogens is 1. The van der Waals surface area contributed by atoms with Crippen LogP contribution in [0.4, 0.5) is 13.2 Å². The molecule has 0 saturated heterocycles. The molecule has 72 valence electrons. The molecule has 0 bridgehead atoms. The lowest BCUT2D eigenvalue weighted by atomic mass is 10.3. The summed E-state index contributed by atoms with van der Waals surface area (Å²) in [5.41, 5.74) is 3.33. The van der Waals surface area contributed by atoms with Gasteiger partial charge in [-0.1, -0.05) is 0 Å². The van der Waals surface area contributed by atoms with Gasteiger partial charge in [-0.25, -0.2) is 0 Å². The van der Waals surface area contributed by atoms with E-state index in [1.165, 1.54) is 22.6 Å². The Morgan fingerprint density at radius 3 is 2.31 bits per heavy atom. The van der Waals surface area contributed by atoms with Crippen LogP contribution < -0.4 is 5.73 Å². The van der Waals surface area contributed by atoms with Gasteiger partial charge in [-0.3, -0.25) is 9.89 Å². The fourth-order valence-corrected chi connectivity index (χ4v) is 1.49. The van der Waals surface area contributed by atoms with Crippen molar-refractivity contribution >= 4 is 28.5 Å².